The highest BCUT2D eigenvalue weighted by Gasteiger charge is 2.39. The number of Topliss-reactive ketones (excluding diaryl/α,β-unsaturated/α-hetero) is 1. The van der Waals surface area contributed by atoms with E-state index in [1.165, 1.54) is 4.90 Å². The molecule has 2 aliphatic rings. The number of rotatable bonds is 7. The van der Waals surface area contributed by atoms with E-state index in [1.54, 1.807) is 6.92 Å². The number of hydrogen-bond acceptors (Lipinski definition) is 7. The molecule has 4 N–H and O–H groups in total. The van der Waals surface area contributed by atoms with Crippen molar-refractivity contribution in [3.05, 3.63) is 29.3 Å². The normalized spacial score (nSPS) is 19.4. The van der Waals surface area contributed by atoms with Crippen LogP contribution >= 0.6 is 0 Å². The average molecular weight is 444 g/mol. The van der Waals surface area contributed by atoms with E-state index in [2.05, 4.69) is 5.32 Å². The number of hydrogen-bond donors (Lipinski definition) is 3. The lowest BCUT2D eigenvalue weighted by molar-refractivity contribution is -0.153. The summed E-state index contributed by atoms with van der Waals surface area (Å²) < 4.78 is 5.63. The summed E-state index contributed by atoms with van der Waals surface area (Å²) in [5.74, 6) is -1.83. The van der Waals surface area contributed by atoms with Crippen molar-refractivity contribution in [1.82, 2.24) is 15.1 Å². The lowest BCUT2D eigenvalue weighted by Crippen LogP contribution is -2.60. The Kier molecular flexibility index (Phi) is 7.52. The number of aryl methyl sites for hydroxylation is 1. The maximum absolute atomic E-state index is 13.0. The first-order valence-electron chi connectivity index (χ1n) is 10.8. The van der Waals surface area contributed by atoms with Crippen molar-refractivity contribution in [1.29, 1.82) is 0 Å². The first-order valence-corrected chi connectivity index (χ1v) is 10.8. The minimum Gasteiger partial charge on any atom is -0.536 e. The van der Waals surface area contributed by atoms with Crippen LogP contribution in [0.1, 0.15) is 30.9 Å². The van der Waals surface area contributed by atoms with Crippen LogP contribution in [0.2, 0.25) is 5.82 Å². The Bertz CT molecular complexity index is 910. The molecule has 2 atom stereocenters. The van der Waals surface area contributed by atoms with Crippen molar-refractivity contribution in [2.75, 3.05) is 26.2 Å². The standard InChI is InChI=1S/C21H29BN4O6/c1-3-25-9-10-26(20(29)19(25)28)21(30)24-16(7-8-23)17(27)12-15-11-14-6-4-5-13(2)18(14)32-22(15)31/h4-6,15-16,31H,3,7-12,23H2,1-2H3,(H,24,30)/t15-,16-/m1/s1. The van der Waals surface area contributed by atoms with Gasteiger partial charge in [-0.25, -0.2) is 4.79 Å². The maximum Gasteiger partial charge on any atom is 0.526 e. The number of piperazine rings is 1. The van der Waals surface area contributed by atoms with Gasteiger partial charge in [-0.2, -0.15) is 0 Å². The Labute approximate surface area is 187 Å². The molecule has 1 aromatic carbocycles. The SMILES string of the molecule is CCN1CCN(C(=O)N[C@H](CCN)C(=O)C[C@H]2Cc3cccc(C)c3OB2O)C(=O)C1=O. The van der Waals surface area contributed by atoms with Crippen molar-refractivity contribution < 1.29 is 28.9 Å². The first-order chi connectivity index (χ1) is 15.3. The number of imide groups is 1. The van der Waals surface area contributed by atoms with Gasteiger partial charge < -0.3 is 25.6 Å². The van der Waals surface area contributed by atoms with E-state index in [-0.39, 0.29) is 38.3 Å². The van der Waals surface area contributed by atoms with Crippen LogP contribution in [0.4, 0.5) is 4.79 Å². The molecule has 2 heterocycles. The zero-order chi connectivity index (χ0) is 23.4. The second kappa shape index (κ2) is 10.1. The molecular weight excluding hydrogens is 415 g/mol. The predicted molar refractivity (Wildman–Crippen MR) is 117 cm³/mol. The zero-order valence-corrected chi connectivity index (χ0v) is 18.4. The van der Waals surface area contributed by atoms with Gasteiger partial charge in [0.25, 0.3) is 0 Å². The molecule has 11 heteroatoms. The Morgan fingerprint density at radius 2 is 2.06 bits per heavy atom. The fraction of sp³-hybridized carbons (Fsp3) is 0.524. The number of nitrogens with zero attached hydrogens (tertiary/aromatic N) is 2. The van der Waals surface area contributed by atoms with Gasteiger partial charge in [0.2, 0.25) is 0 Å². The Balaban J connectivity index is 1.65. The Hall–Kier alpha value is -2.92. The molecule has 3 rings (SSSR count). The van der Waals surface area contributed by atoms with Crippen molar-refractivity contribution >= 4 is 30.7 Å². The smallest absolute Gasteiger partial charge is 0.526 e. The number of carbonyl (C=O) groups excluding carboxylic acids is 4. The largest absolute Gasteiger partial charge is 0.536 e. The van der Waals surface area contributed by atoms with Crippen molar-refractivity contribution in [3.8, 4) is 5.75 Å². The van der Waals surface area contributed by atoms with Gasteiger partial charge in [0.05, 0.1) is 6.04 Å². The summed E-state index contributed by atoms with van der Waals surface area (Å²) in [6.07, 6.45) is 0.593. The molecule has 0 aliphatic carbocycles. The molecule has 10 nitrogen and oxygen atoms in total. The average Bonchev–Trinajstić information content (AvgIpc) is 2.76. The number of benzene rings is 1. The van der Waals surface area contributed by atoms with Gasteiger partial charge in [-0.3, -0.25) is 19.3 Å². The second-order valence-corrected chi connectivity index (χ2v) is 8.13. The lowest BCUT2D eigenvalue weighted by Gasteiger charge is -2.33. The fourth-order valence-corrected chi connectivity index (χ4v) is 4.09. The number of ketones is 1. The molecule has 0 spiro atoms. The molecule has 32 heavy (non-hydrogen) atoms. The number of carbonyl (C=O) groups is 4. The molecule has 0 bridgehead atoms. The molecule has 1 saturated heterocycles. The number of fused-ring (bicyclic) bond motifs is 1. The molecule has 0 saturated carbocycles. The molecule has 0 radical (unpaired) electrons. The summed E-state index contributed by atoms with van der Waals surface area (Å²) in [6.45, 7) is 4.45. The van der Waals surface area contributed by atoms with Crippen LogP contribution < -0.4 is 15.7 Å². The van der Waals surface area contributed by atoms with Gasteiger partial charge in [-0.1, -0.05) is 18.2 Å². The highest BCUT2D eigenvalue weighted by atomic mass is 16.5. The van der Waals surface area contributed by atoms with Crippen LogP contribution in [0.15, 0.2) is 18.2 Å². The topological polar surface area (TPSA) is 142 Å². The summed E-state index contributed by atoms with van der Waals surface area (Å²) in [4.78, 5) is 52.1. The third kappa shape index (κ3) is 4.94. The van der Waals surface area contributed by atoms with Crippen LogP contribution in [0, 0.1) is 6.92 Å². The molecule has 4 amide bonds. The molecular formula is C21H29BN4O6. The minimum absolute atomic E-state index is 0.0318. The monoisotopic (exact) mass is 444 g/mol. The minimum atomic E-state index is -1.15. The summed E-state index contributed by atoms with van der Waals surface area (Å²) >= 11 is 0. The maximum atomic E-state index is 13.0. The van der Waals surface area contributed by atoms with Crippen LogP contribution in [0.3, 0.4) is 0 Å². The summed E-state index contributed by atoms with van der Waals surface area (Å²) in [5.41, 5.74) is 7.44. The number of amides is 4. The zero-order valence-electron chi connectivity index (χ0n) is 18.4. The predicted octanol–water partition coefficient (Wildman–Crippen LogP) is -0.142. The van der Waals surface area contributed by atoms with E-state index in [0.29, 0.717) is 18.7 Å². The van der Waals surface area contributed by atoms with E-state index >= 15 is 0 Å². The van der Waals surface area contributed by atoms with Gasteiger partial charge in [0.15, 0.2) is 5.78 Å². The Morgan fingerprint density at radius 3 is 2.75 bits per heavy atom. The van der Waals surface area contributed by atoms with E-state index in [9.17, 15) is 24.2 Å². The summed E-state index contributed by atoms with van der Waals surface area (Å²) in [7, 11) is -1.15. The number of likely N-dealkylation sites (N-methyl/N-ethyl adjacent to an activating group) is 1. The first kappa shape index (κ1) is 23.7. The van der Waals surface area contributed by atoms with Crippen LogP contribution in [-0.4, -0.2) is 77.8 Å². The van der Waals surface area contributed by atoms with Gasteiger partial charge in [-0.05, 0) is 44.4 Å². The Morgan fingerprint density at radius 1 is 1.31 bits per heavy atom. The summed E-state index contributed by atoms with van der Waals surface area (Å²) in [5, 5.41) is 13.0. The number of urea groups is 1. The van der Waals surface area contributed by atoms with Crippen LogP contribution in [-0.2, 0) is 20.8 Å². The number of nitrogens with one attached hydrogen (secondary N) is 1. The third-order valence-corrected chi connectivity index (χ3v) is 5.96. The molecule has 0 aromatic heterocycles. The van der Waals surface area contributed by atoms with Gasteiger partial charge in [0.1, 0.15) is 5.75 Å². The van der Waals surface area contributed by atoms with E-state index in [0.717, 1.165) is 16.0 Å². The molecule has 1 fully saturated rings. The lowest BCUT2D eigenvalue weighted by atomic mass is 9.64. The molecule has 1 aromatic rings. The van der Waals surface area contributed by atoms with Crippen molar-refractivity contribution in [3.63, 3.8) is 0 Å². The highest BCUT2D eigenvalue weighted by molar-refractivity contribution is 6.46. The molecule has 0 unspecified atom stereocenters. The van der Waals surface area contributed by atoms with Gasteiger partial charge >= 0.3 is 25.0 Å². The number of para-hydroxylation sites is 1. The van der Waals surface area contributed by atoms with Crippen molar-refractivity contribution in [2.45, 2.75) is 45.0 Å². The summed E-state index contributed by atoms with van der Waals surface area (Å²) in [6, 6.07) is 3.93. The van der Waals surface area contributed by atoms with E-state index in [1.807, 2.05) is 25.1 Å². The van der Waals surface area contributed by atoms with E-state index in [4.69, 9.17) is 10.4 Å². The quantitative estimate of drug-likeness (QED) is 0.392. The molecule has 2 aliphatic heterocycles. The van der Waals surface area contributed by atoms with Crippen LogP contribution in [0.25, 0.3) is 0 Å². The second-order valence-electron chi connectivity index (χ2n) is 8.13. The number of nitrogens with two attached hydrogens (primary N) is 1. The van der Waals surface area contributed by atoms with Gasteiger partial charge in [-0.15, -0.1) is 0 Å². The van der Waals surface area contributed by atoms with E-state index < -0.39 is 36.8 Å². The fourth-order valence-electron chi connectivity index (χ4n) is 4.09. The van der Waals surface area contributed by atoms with Crippen LogP contribution in [0.5, 0.6) is 5.75 Å². The van der Waals surface area contributed by atoms with Crippen molar-refractivity contribution in [2.24, 2.45) is 5.73 Å². The highest BCUT2D eigenvalue weighted by Crippen LogP contribution is 2.36. The van der Waals surface area contributed by atoms with Gasteiger partial charge in [0, 0.05) is 31.9 Å². The molecule has 172 valence electrons. The third-order valence-electron chi connectivity index (χ3n) is 5.96.